The highest BCUT2D eigenvalue weighted by molar-refractivity contribution is 6.12. The molecule has 15 aromatic rings. The first-order chi connectivity index (χ1) is 55.1. The van der Waals surface area contributed by atoms with Gasteiger partial charge in [-0.1, -0.05) is 260 Å². The van der Waals surface area contributed by atoms with Crippen LogP contribution in [-0.2, 0) is 17.3 Å². The number of nitrogens with zero attached hydrogens (tertiary/aromatic N) is 6. The molecule has 4 heterocycles. The van der Waals surface area contributed by atoms with E-state index in [0.29, 0.717) is 6.42 Å². The van der Waals surface area contributed by atoms with E-state index in [1.165, 1.54) is 38.9 Å². The number of hydrogen-bond acceptors (Lipinski definition) is 5. The van der Waals surface area contributed by atoms with E-state index in [1.807, 2.05) is 36.9 Å². The lowest BCUT2D eigenvalue weighted by Crippen LogP contribution is -2.21. The minimum absolute atomic E-state index is 0.163. The second kappa shape index (κ2) is 30.1. The highest BCUT2D eigenvalue weighted by Gasteiger charge is 2.36. The normalized spacial score (nSPS) is 14.0. The van der Waals surface area contributed by atoms with Crippen molar-refractivity contribution in [3.05, 3.63) is 446 Å². The van der Waals surface area contributed by atoms with Gasteiger partial charge >= 0.3 is 0 Å². The lowest BCUT2D eigenvalue weighted by atomic mass is 9.76. The summed E-state index contributed by atoms with van der Waals surface area (Å²) >= 11 is 0. The molecule has 0 saturated carbocycles. The van der Waals surface area contributed by atoms with Gasteiger partial charge < -0.3 is 19.3 Å². The largest absolute Gasteiger partial charge is 0.311 e. The molecule has 0 saturated heterocycles. The van der Waals surface area contributed by atoms with Crippen LogP contribution in [0.1, 0.15) is 90.3 Å². The molecule has 113 heavy (non-hydrogen) atoms. The molecule has 0 amide bonds. The predicted molar refractivity (Wildman–Crippen MR) is 480 cm³/mol. The summed E-state index contributed by atoms with van der Waals surface area (Å²) < 4.78 is 2.37. The number of aromatic nitrogens is 3. The molecule has 0 radical (unpaired) electrons. The first-order valence-electron chi connectivity index (χ1n) is 38.8. The maximum absolute atomic E-state index is 4.77. The molecule has 6 nitrogen and oxygen atoms in total. The average molecular weight is 1460 g/mol. The highest BCUT2D eigenvalue weighted by Crippen LogP contribution is 2.52. The second-order valence-electron chi connectivity index (χ2n) is 30.5. The van der Waals surface area contributed by atoms with Gasteiger partial charge in [0.1, 0.15) is 0 Å². The second-order valence-corrected chi connectivity index (χ2v) is 30.5. The zero-order chi connectivity index (χ0) is 77.5. The lowest BCUT2D eigenvalue weighted by Gasteiger charge is -2.31. The molecule has 0 bridgehead atoms. The molecular weight excluding hydrogens is 1370 g/mol. The number of benzene rings is 12. The minimum Gasteiger partial charge on any atom is -0.311 e. The Kier molecular flexibility index (Phi) is 19.2. The molecule has 1 aliphatic heterocycles. The maximum Gasteiger partial charge on any atom is 0.0541 e. The van der Waals surface area contributed by atoms with E-state index in [2.05, 4.69) is 418 Å². The van der Waals surface area contributed by atoms with Crippen molar-refractivity contribution >= 4 is 84.9 Å². The standard InChI is InChI=1S/C107H88N6/c1-11-75-27-32-77(33-28-75)72(4)25-47-88(13-3)111(94-21-18-20-87(70-94)106(7,8)100-23-16-14-19-73(100)5)89-48-38-80(39-49-89)78-31-26-74(6)110(92-59-63-108-64-60-92)103-56-44-83(67-86(103)37-36-78)85-46-58-105-99(69-85)98-68-84(45-57-104(98)113(105)93-61-65-109-66-62-93)82-42-52-91(53-43-82)112(90-50-40-81(41-51-90)79-34-29-76(12-2)30-35-79)95-54-55-97-96-22-15-17-24-101(96)107(9,10)102(97)71-95/h11-36,38-71H,1-2,4,6,37H2,3,5,7-10H3/b31-26-,47-25-,78-36+,88-13+. The topological polar surface area (TPSA) is 40.4 Å². The molecule has 546 valence electrons. The quantitative estimate of drug-likeness (QED) is 0.0755. The Morgan fingerprint density at radius 2 is 1.02 bits per heavy atom. The molecule has 17 rings (SSSR count). The smallest absolute Gasteiger partial charge is 0.0541 e. The molecule has 6 heteroatoms. The molecule has 1 aliphatic carbocycles. The van der Waals surface area contributed by atoms with E-state index in [9.17, 15) is 0 Å². The van der Waals surface area contributed by atoms with Crippen molar-refractivity contribution in [2.75, 3.05) is 14.7 Å². The predicted octanol–water partition coefficient (Wildman–Crippen LogP) is 28.4. The van der Waals surface area contributed by atoms with Crippen LogP contribution in [0.2, 0.25) is 0 Å². The van der Waals surface area contributed by atoms with Crippen molar-refractivity contribution in [2.24, 2.45) is 0 Å². The number of hydrogen-bond donors (Lipinski definition) is 0. The fraction of sp³-hybridized carbons (Fsp3) is 0.0841. The van der Waals surface area contributed by atoms with Crippen molar-refractivity contribution < 1.29 is 0 Å². The Bertz CT molecular complexity index is 6320. The van der Waals surface area contributed by atoms with Crippen LogP contribution in [0.4, 0.5) is 39.8 Å². The first kappa shape index (κ1) is 72.0. The van der Waals surface area contributed by atoms with Crippen LogP contribution in [0.5, 0.6) is 0 Å². The van der Waals surface area contributed by atoms with Gasteiger partial charge in [-0.15, -0.1) is 0 Å². The van der Waals surface area contributed by atoms with Crippen LogP contribution in [0.3, 0.4) is 0 Å². The monoisotopic (exact) mass is 1460 g/mol. The van der Waals surface area contributed by atoms with Crippen molar-refractivity contribution in [3.63, 3.8) is 0 Å². The van der Waals surface area contributed by atoms with E-state index < -0.39 is 0 Å². The molecule has 2 aliphatic rings. The van der Waals surface area contributed by atoms with Gasteiger partial charge in [-0.05, 0) is 265 Å². The van der Waals surface area contributed by atoms with Crippen LogP contribution >= 0.6 is 0 Å². The van der Waals surface area contributed by atoms with E-state index in [1.54, 1.807) is 0 Å². The van der Waals surface area contributed by atoms with Gasteiger partial charge in [-0.25, -0.2) is 0 Å². The molecule has 0 unspecified atom stereocenters. The van der Waals surface area contributed by atoms with E-state index in [0.717, 1.165) is 151 Å². The zero-order valence-corrected chi connectivity index (χ0v) is 64.9. The van der Waals surface area contributed by atoms with Crippen LogP contribution < -0.4 is 14.7 Å². The Morgan fingerprint density at radius 3 is 1.66 bits per heavy atom. The van der Waals surface area contributed by atoms with Gasteiger partial charge in [0, 0.05) is 103 Å². The Morgan fingerprint density at radius 1 is 0.478 bits per heavy atom. The molecule has 0 atom stereocenters. The van der Waals surface area contributed by atoms with Crippen molar-refractivity contribution in [1.82, 2.24) is 14.5 Å². The number of pyridine rings is 2. The van der Waals surface area contributed by atoms with Gasteiger partial charge in [-0.2, -0.15) is 0 Å². The number of fused-ring (bicyclic) bond motifs is 7. The average Bonchev–Trinajstić information content (AvgIpc) is 1.56. The number of aryl methyl sites for hydroxylation is 1. The van der Waals surface area contributed by atoms with Gasteiger partial charge in [0.25, 0.3) is 0 Å². The Hall–Kier alpha value is -13.9. The molecule has 3 aromatic heterocycles. The van der Waals surface area contributed by atoms with Crippen molar-refractivity contribution in [2.45, 2.75) is 58.8 Å². The summed E-state index contributed by atoms with van der Waals surface area (Å²) in [5.74, 6) is 0. The van der Waals surface area contributed by atoms with Crippen LogP contribution in [0, 0.1) is 6.92 Å². The van der Waals surface area contributed by atoms with Crippen LogP contribution in [-0.4, -0.2) is 14.5 Å². The van der Waals surface area contributed by atoms with Crippen molar-refractivity contribution in [3.8, 4) is 50.2 Å². The third-order valence-corrected chi connectivity index (χ3v) is 23.1. The number of allylic oxidation sites excluding steroid dienone is 8. The SMILES string of the molecule is C=Cc1ccc(C(=C)/C=C\C(=C/C)N(c2ccc(C3=C/Cc4cc(-c5ccc6c(c5)c5cc(-c7ccc(N(c8ccc(-c9ccc(C=C)cc9)cc8)c8ccc9c(c8)C(C)(C)c8ccccc8-9)cc7)ccc5n6-c5ccncc5)ccc4N(c4ccncc4)C(=C)/C=C\3)cc2)c2cccc(C(C)(C)c3ccccc3C)c2)cc1. The molecular formula is C107H88N6. The zero-order valence-electron chi connectivity index (χ0n) is 64.9. The lowest BCUT2D eigenvalue weighted by molar-refractivity contribution is 0.636. The summed E-state index contributed by atoms with van der Waals surface area (Å²) in [5, 5.41) is 2.31. The molecule has 0 spiro atoms. The van der Waals surface area contributed by atoms with Crippen LogP contribution in [0.25, 0.3) is 95.3 Å². The summed E-state index contributed by atoms with van der Waals surface area (Å²) in [7, 11) is 0. The Labute approximate surface area is 664 Å². The molecule has 0 fully saturated rings. The minimum atomic E-state index is -0.266. The van der Waals surface area contributed by atoms with Gasteiger partial charge in [0.05, 0.1) is 11.0 Å². The van der Waals surface area contributed by atoms with Gasteiger partial charge in [-0.3, -0.25) is 9.97 Å². The van der Waals surface area contributed by atoms with Gasteiger partial charge in [0.15, 0.2) is 0 Å². The molecule has 0 N–H and O–H groups in total. The molecule has 12 aromatic carbocycles. The van der Waals surface area contributed by atoms with Crippen molar-refractivity contribution in [1.29, 1.82) is 0 Å². The van der Waals surface area contributed by atoms with Gasteiger partial charge in [0.2, 0.25) is 0 Å². The number of anilines is 7. The summed E-state index contributed by atoms with van der Waals surface area (Å²) in [6.45, 7) is 30.9. The first-order valence-corrected chi connectivity index (χ1v) is 38.8. The third kappa shape index (κ3) is 13.7. The summed E-state index contributed by atoms with van der Waals surface area (Å²) in [4.78, 5) is 15.9. The Balaban J connectivity index is 0.723. The fourth-order valence-corrected chi connectivity index (χ4v) is 16.8. The highest BCUT2D eigenvalue weighted by atomic mass is 15.2. The summed E-state index contributed by atoms with van der Waals surface area (Å²) in [6, 6.07) is 107. The van der Waals surface area contributed by atoms with E-state index >= 15 is 0 Å². The van der Waals surface area contributed by atoms with E-state index in [4.69, 9.17) is 6.58 Å². The number of rotatable bonds is 19. The third-order valence-electron chi connectivity index (χ3n) is 23.1. The summed E-state index contributed by atoms with van der Waals surface area (Å²) in [6.07, 6.45) is 25.0. The fourth-order valence-electron chi connectivity index (χ4n) is 16.8. The van der Waals surface area contributed by atoms with E-state index in [-0.39, 0.29) is 10.8 Å². The maximum atomic E-state index is 4.77. The van der Waals surface area contributed by atoms with Crippen LogP contribution in [0.15, 0.2) is 390 Å². The summed E-state index contributed by atoms with van der Waals surface area (Å²) in [5.41, 5.74) is 35.4.